The molecule has 1 aliphatic heterocycles. The third-order valence-corrected chi connectivity index (χ3v) is 3.56. The van der Waals surface area contributed by atoms with Crippen molar-refractivity contribution in [2.24, 2.45) is 0 Å². The number of hydrogen-bond donors (Lipinski definition) is 2. The molecule has 0 spiro atoms. The maximum Gasteiger partial charge on any atom is 0.122 e. The van der Waals surface area contributed by atoms with Gasteiger partial charge in [-0.2, -0.15) is 0 Å². The molecule has 0 atom stereocenters. The van der Waals surface area contributed by atoms with E-state index in [0.29, 0.717) is 11.7 Å². The first kappa shape index (κ1) is 11.7. The first-order valence-corrected chi connectivity index (χ1v) is 6.32. The van der Waals surface area contributed by atoms with E-state index in [4.69, 9.17) is 11.6 Å². The van der Waals surface area contributed by atoms with Gasteiger partial charge in [0, 0.05) is 5.02 Å². The van der Waals surface area contributed by atoms with Crippen LogP contribution in [0.4, 0.5) is 0 Å². The quantitative estimate of drug-likeness (QED) is 0.832. The van der Waals surface area contributed by atoms with Crippen LogP contribution in [0.15, 0.2) is 12.1 Å². The minimum atomic E-state index is 0.449. The van der Waals surface area contributed by atoms with Gasteiger partial charge in [-0.3, -0.25) is 0 Å². The normalized spacial score (nSPS) is 17.6. The average molecular weight is 240 g/mol. The molecule has 1 aromatic carbocycles. The van der Waals surface area contributed by atoms with Crippen LogP contribution in [0.2, 0.25) is 5.02 Å². The van der Waals surface area contributed by atoms with E-state index in [9.17, 15) is 5.11 Å². The number of hydrogen-bond acceptors (Lipinski definition) is 2. The Hall–Kier alpha value is -0.730. The molecule has 2 N–H and O–H groups in total. The fourth-order valence-electron chi connectivity index (χ4n) is 2.39. The molecule has 0 unspecified atom stereocenters. The van der Waals surface area contributed by atoms with E-state index >= 15 is 0 Å². The fraction of sp³-hybridized carbons (Fsp3) is 0.538. The molecule has 0 aliphatic carbocycles. The van der Waals surface area contributed by atoms with Gasteiger partial charge in [0.2, 0.25) is 0 Å². The zero-order valence-corrected chi connectivity index (χ0v) is 10.3. The van der Waals surface area contributed by atoms with Crippen molar-refractivity contribution in [3.05, 3.63) is 28.3 Å². The van der Waals surface area contributed by atoms with Crippen molar-refractivity contribution >= 4 is 11.6 Å². The standard InChI is InChI=1S/C13H18ClNO/c1-2-9-7-11(14)8-12(13(9)16)10-3-5-15-6-4-10/h7-8,10,15-16H,2-6H2,1H3. The average Bonchev–Trinajstić information content (AvgIpc) is 2.33. The van der Waals surface area contributed by atoms with Gasteiger partial charge < -0.3 is 10.4 Å². The Balaban J connectivity index is 2.34. The third kappa shape index (κ3) is 2.33. The topological polar surface area (TPSA) is 32.3 Å². The number of aryl methyl sites for hydroxylation is 1. The van der Waals surface area contributed by atoms with Gasteiger partial charge in [-0.25, -0.2) is 0 Å². The number of halogens is 1. The van der Waals surface area contributed by atoms with Crippen molar-refractivity contribution in [3.63, 3.8) is 0 Å². The van der Waals surface area contributed by atoms with Gasteiger partial charge >= 0.3 is 0 Å². The van der Waals surface area contributed by atoms with Crippen LogP contribution >= 0.6 is 11.6 Å². The number of aromatic hydroxyl groups is 1. The fourth-order valence-corrected chi connectivity index (χ4v) is 2.64. The van der Waals surface area contributed by atoms with Crippen LogP contribution in [0, 0.1) is 0 Å². The zero-order valence-electron chi connectivity index (χ0n) is 9.59. The van der Waals surface area contributed by atoms with E-state index in [0.717, 1.165) is 48.5 Å². The highest BCUT2D eigenvalue weighted by molar-refractivity contribution is 6.30. The van der Waals surface area contributed by atoms with Gasteiger partial charge in [0.05, 0.1) is 0 Å². The molecule has 16 heavy (non-hydrogen) atoms. The Morgan fingerprint density at radius 1 is 1.38 bits per heavy atom. The summed E-state index contributed by atoms with van der Waals surface area (Å²) >= 11 is 6.09. The molecule has 1 heterocycles. The summed E-state index contributed by atoms with van der Waals surface area (Å²) in [6.45, 7) is 4.09. The predicted octanol–water partition coefficient (Wildman–Crippen LogP) is 3.08. The molecule has 1 saturated heterocycles. The molecule has 0 amide bonds. The van der Waals surface area contributed by atoms with Gasteiger partial charge in [0.1, 0.15) is 5.75 Å². The number of rotatable bonds is 2. The lowest BCUT2D eigenvalue weighted by Gasteiger charge is -2.24. The maximum atomic E-state index is 10.2. The molecular formula is C13H18ClNO. The highest BCUT2D eigenvalue weighted by Crippen LogP contribution is 2.36. The minimum absolute atomic E-state index is 0.449. The van der Waals surface area contributed by atoms with Crippen LogP contribution in [-0.2, 0) is 6.42 Å². The minimum Gasteiger partial charge on any atom is -0.507 e. The smallest absolute Gasteiger partial charge is 0.122 e. The summed E-state index contributed by atoms with van der Waals surface area (Å²) in [7, 11) is 0. The molecular weight excluding hydrogens is 222 g/mol. The van der Waals surface area contributed by atoms with Crippen molar-refractivity contribution in [1.82, 2.24) is 5.32 Å². The molecule has 3 heteroatoms. The van der Waals surface area contributed by atoms with Crippen molar-refractivity contribution in [3.8, 4) is 5.75 Å². The molecule has 1 fully saturated rings. The summed E-state index contributed by atoms with van der Waals surface area (Å²) in [5.74, 6) is 0.907. The van der Waals surface area contributed by atoms with Crippen LogP contribution in [0.25, 0.3) is 0 Å². The summed E-state index contributed by atoms with van der Waals surface area (Å²) in [6, 6.07) is 3.79. The van der Waals surface area contributed by atoms with E-state index in [1.54, 1.807) is 0 Å². The lowest BCUT2D eigenvalue weighted by atomic mass is 9.88. The first-order valence-electron chi connectivity index (χ1n) is 5.94. The summed E-state index contributed by atoms with van der Waals surface area (Å²) in [6.07, 6.45) is 2.98. The van der Waals surface area contributed by atoms with E-state index in [1.807, 2.05) is 19.1 Å². The summed E-state index contributed by atoms with van der Waals surface area (Å²) in [5, 5.41) is 14.3. The largest absolute Gasteiger partial charge is 0.507 e. The number of piperidine rings is 1. The Morgan fingerprint density at radius 3 is 2.69 bits per heavy atom. The maximum absolute atomic E-state index is 10.2. The summed E-state index contributed by atoms with van der Waals surface area (Å²) < 4.78 is 0. The van der Waals surface area contributed by atoms with Crippen molar-refractivity contribution in [2.45, 2.75) is 32.1 Å². The molecule has 2 nitrogen and oxygen atoms in total. The molecule has 0 bridgehead atoms. The van der Waals surface area contributed by atoms with Gasteiger partial charge in [0.15, 0.2) is 0 Å². The lowest BCUT2D eigenvalue weighted by Crippen LogP contribution is -2.26. The molecule has 0 saturated carbocycles. The number of benzene rings is 1. The van der Waals surface area contributed by atoms with E-state index in [2.05, 4.69) is 5.32 Å². The Labute approximate surface area is 102 Å². The monoisotopic (exact) mass is 239 g/mol. The van der Waals surface area contributed by atoms with Crippen LogP contribution < -0.4 is 5.32 Å². The SMILES string of the molecule is CCc1cc(Cl)cc(C2CCNCC2)c1O. The molecule has 1 aromatic rings. The molecule has 0 aromatic heterocycles. The number of phenolic OH excluding ortho intramolecular Hbond substituents is 1. The van der Waals surface area contributed by atoms with Crippen molar-refractivity contribution < 1.29 is 5.11 Å². The molecule has 0 radical (unpaired) electrons. The Kier molecular flexibility index (Phi) is 3.72. The van der Waals surface area contributed by atoms with E-state index in [-0.39, 0.29) is 0 Å². The highest BCUT2D eigenvalue weighted by atomic mass is 35.5. The van der Waals surface area contributed by atoms with Crippen LogP contribution in [0.3, 0.4) is 0 Å². The zero-order chi connectivity index (χ0) is 11.5. The van der Waals surface area contributed by atoms with Gasteiger partial charge in [-0.15, -0.1) is 0 Å². The molecule has 88 valence electrons. The summed E-state index contributed by atoms with van der Waals surface area (Å²) in [5.41, 5.74) is 1.99. The van der Waals surface area contributed by atoms with Crippen LogP contribution in [0.5, 0.6) is 5.75 Å². The second-order valence-electron chi connectivity index (χ2n) is 4.38. The second-order valence-corrected chi connectivity index (χ2v) is 4.82. The number of nitrogens with one attached hydrogen (secondary N) is 1. The molecule has 2 rings (SSSR count). The van der Waals surface area contributed by atoms with Gasteiger partial charge in [-0.1, -0.05) is 18.5 Å². The summed E-state index contributed by atoms with van der Waals surface area (Å²) in [4.78, 5) is 0. The molecule has 1 aliphatic rings. The van der Waals surface area contributed by atoms with Gasteiger partial charge in [0.25, 0.3) is 0 Å². The predicted molar refractivity (Wildman–Crippen MR) is 67.3 cm³/mol. The Bertz CT molecular complexity index is 372. The van der Waals surface area contributed by atoms with Gasteiger partial charge in [-0.05, 0) is 61.5 Å². The highest BCUT2D eigenvalue weighted by Gasteiger charge is 2.20. The number of phenols is 1. The van der Waals surface area contributed by atoms with Crippen LogP contribution in [0.1, 0.15) is 36.8 Å². The third-order valence-electron chi connectivity index (χ3n) is 3.34. The van der Waals surface area contributed by atoms with E-state index < -0.39 is 0 Å². The van der Waals surface area contributed by atoms with Crippen molar-refractivity contribution in [2.75, 3.05) is 13.1 Å². The first-order chi connectivity index (χ1) is 7.72. The van der Waals surface area contributed by atoms with E-state index in [1.165, 1.54) is 0 Å². The second kappa shape index (κ2) is 5.07. The lowest BCUT2D eigenvalue weighted by molar-refractivity contribution is 0.421. The van der Waals surface area contributed by atoms with Crippen LogP contribution in [-0.4, -0.2) is 18.2 Å². The Morgan fingerprint density at radius 2 is 2.06 bits per heavy atom. The van der Waals surface area contributed by atoms with Crippen molar-refractivity contribution in [1.29, 1.82) is 0 Å².